The van der Waals surface area contributed by atoms with Crippen molar-refractivity contribution in [1.82, 2.24) is 10.6 Å². The SMILES string of the molecule is CCCCC(CN)NC(=O)C1CCC(NC(=O)CC2CCCC2)CC1. The van der Waals surface area contributed by atoms with Crippen LogP contribution >= 0.6 is 0 Å². The third-order valence-electron chi connectivity index (χ3n) is 5.95. The predicted molar refractivity (Wildman–Crippen MR) is 101 cm³/mol. The molecule has 2 aliphatic rings. The molecule has 1 atom stereocenters. The van der Waals surface area contributed by atoms with E-state index in [1.165, 1.54) is 25.7 Å². The van der Waals surface area contributed by atoms with Gasteiger partial charge in [0.05, 0.1) is 0 Å². The molecule has 2 rings (SSSR count). The van der Waals surface area contributed by atoms with Crippen molar-refractivity contribution in [3.05, 3.63) is 0 Å². The van der Waals surface area contributed by atoms with Crippen molar-refractivity contribution in [2.45, 2.75) is 96.1 Å². The number of amides is 2. The number of nitrogens with two attached hydrogens (primary N) is 1. The Labute approximate surface area is 152 Å². The minimum absolute atomic E-state index is 0.0821. The van der Waals surface area contributed by atoms with Crippen LogP contribution in [-0.4, -0.2) is 30.4 Å². The highest BCUT2D eigenvalue weighted by atomic mass is 16.2. The first-order chi connectivity index (χ1) is 12.1. The molecule has 5 nitrogen and oxygen atoms in total. The quantitative estimate of drug-likeness (QED) is 0.597. The van der Waals surface area contributed by atoms with Gasteiger partial charge in [0.1, 0.15) is 0 Å². The smallest absolute Gasteiger partial charge is 0.223 e. The number of rotatable bonds is 9. The third-order valence-corrected chi connectivity index (χ3v) is 5.95. The topological polar surface area (TPSA) is 84.2 Å². The highest BCUT2D eigenvalue weighted by Gasteiger charge is 2.28. The van der Waals surface area contributed by atoms with Gasteiger partial charge in [0.25, 0.3) is 0 Å². The second-order valence-corrected chi connectivity index (χ2v) is 8.05. The van der Waals surface area contributed by atoms with E-state index in [0.29, 0.717) is 18.9 Å². The first kappa shape index (κ1) is 20.2. The number of carbonyl (C=O) groups is 2. The van der Waals surface area contributed by atoms with Crippen molar-refractivity contribution in [1.29, 1.82) is 0 Å². The Morgan fingerprint density at radius 3 is 2.36 bits per heavy atom. The zero-order valence-electron chi connectivity index (χ0n) is 15.9. The van der Waals surface area contributed by atoms with Gasteiger partial charge in [-0.2, -0.15) is 0 Å². The summed E-state index contributed by atoms with van der Waals surface area (Å²) in [5.74, 6) is 1.04. The second kappa shape index (κ2) is 10.8. The van der Waals surface area contributed by atoms with Crippen LogP contribution in [0.15, 0.2) is 0 Å². The van der Waals surface area contributed by atoms with Crippen LogP contribution in [0.1, 0.15) is 84.0 Å². The van der Waals surface area contributed by atoms with E-state index in [0.717, 1.165) is 44.9 Å². The zero-order valence-corrected chi connectivity index (χ0v) is 15.9. The molecule has 0 bridgehead atoms. The lowest BCUT2D eigenvalue weighted by molar-refractivity contribution is -0.126. The molecule has 0 aliphatic heterocycles. The molecule has 0 spiro atoms. The molecule has 4 N–H and O–H groups in total. The molecule has 1 unspecified atom stereocenters. The van der Waals surface area contributed by atoms with E-state index in [9.17, 15) is 9.59 Å². The standard InChI is InChI=1S/C20H37N3O2/c1-2-3-8-18(14-21)23-20(25)16-9-11-17(12-10-16)22-19(24)13-15-6-4-5-7-15/h15-18H,2-14,21H2,1H3,(H,22,24)(H,23,25). The summed E-state index contributed by atoms with van der Waals surface area (Å²) >= 11 is 0. The lowest BCUT2D eigenvalue weighted by Gasteiger charge is -2.30. The normalized spacial score (nSPS) is 25.5. The summed E-state index contributed by atoms with van der Waals surface area (Å²) < 4.78 is 0. The predicted octanol–water partition coefficient (Wildman–Crippen LogP) is 2.88. The first-order valence-corrected chi connectivity index (χ1v) is 10.4. The first-order valence-electron chi connectivity index (χ1n) is 10.4. The highest BCUT2D eigenvalue weighted by Crippen LogP contribution is 2.28. The second-order valence-electron chi connectivity index (χ2n) is 8.05. The summed E-state index contributed by atoms with van der Waals surface area (Å²) in [6.45, 7) is 2.66. The molecule has 0 aromatic rings. The van der Waals surface area contributed by atoms with Gasteiger partial charge in [0, 0.05) is 31.0 Å². The molecule has 0 heterocycles. The maximum Gasteiger partial charge on any atom is 0.223 e. The fourth-order valence-electron chi connectivity index (χ4n) is 4.28. The van der Waals surface area contributed by atoms with E-state index in [4.69, 9.17) is 5.73 Å². The van der Waals surface area contributed by atoms with Crippen molar-refractivity contribution in [2.75, 3.05) is 6.54 Å². The number of hydrogen-bond acceptors (Lipinski definition) is 3. The van der Waals surface area contributed by atoms with Gasteiger partial charge in [-0.1, -0.05) is 32.6 Å². The molecule has 5 heteroatoms. The number of carbonyl (C=O) groups excluding carboxylic acids is 2. The summed E-state index contributed by atoms with van der Waals surface area (Å²) in [4.78, 5) is 24.6. The highest BCUT2D eigenvalue weighted by molar-refractivity contribution is 5.79. The Bertz CT molecular complexity index is 413. The van der Waals surface area contributed by atoms with Crippen LogP contribution in [0, 0.1) is 11.8 Å². The van der Waals surface area contributed by atoms with Gasteiger partial charge in [-0.25, -0.2) is 0 Å². The van der Waals surface area contributed by atoms with Crippen LogP contribution in [0.4, 0.5) is 0 Å². The molecule has 2 amide bonds. The minimum Gasteiger partial charge on any atom is -0.353 e. The van der Waals surface area contributed by atoms with Gasteiger partial charge in [-0.05, 0) is 50.9 Å². The summed E-state index contributed by atoms with van der Waals surface area (Å²) in [5, 5.41) is 6.32. The maximum absolute atomic E-state index is 12.4. The lowest BCUT2D eigenvalue weighted by Crippen LogP contribution is -2.45. The fourth-order valence-corrected chi connectivity index (χ4v) is 4.28. The third kappa shape index (κ3) is 6.96. The largest absolute Gasteiger partial charge is 0.353 e. The van der Waals surface area contributed by atoms with Crippen molar-refractivity contribution in [2.24, 2.45) is 17.6 Å². The Hall–Kier alpha value is -1.10. The fraction of sp³-hybridized carbons (Fsp3) is 0.900. The molecule has 0 aromatic carbocycles. The number of nitrogens with one attached hydrogen (secondary N) is 2. The van der Waals surface area contributed by atoms with Gasteiger partial charge in [-0.15, -0.1) is 0 Å². The van der Waals surface area contributed by atoms with Gasteiger partial charge in [0.2, 0.25) is 11.8 Å². The van der Waals surface area contributed by atoms with Crippen LogP contribution in [0.3, 0.4) is 0 Å². The minimum atomic E-state index is 0.0821. The van der Waals surface area contributed by atoms with Crippen LogP contribution in [0.25, 0.3) is 0 Å². The van der Waals surface area contributed by atoms with E-state index in [1.54, 1.807) is 0 Å². The molecule has 2 saturated carbocycles. The van der Waals surface area contributed by atoms with Gasteiger partial charge in [-0.3, -0.25) is 9.59 Å². The summed E-state index contributed by atoms with van der Waals surface area (Å²) in [6.07, 6.45) is 12.4. The number of unbranched alkanes of at least 4 members (excludes halogenated alkanes) is 1. The number of hydrogen-bond donors (Lipinski definition) is 3. The Morgan fingerprint density at radius 2 is 1.76 bits per heavy atom. The molecule has 144 valence electrons. The summed E-state index contributed by atoms with van der Waals surface area (Å²) in [6, 6.07) is 0.361. The summed E-state index contributed by atoms with van der Waals surface area (Å²) in [7, 11) is 0. The van der Waals surface area contributed by atoms with Gasteiger partial charge in [0.15, 0.2) is 0 Å². The van der Waals surface area contributed by atoms with E-state index in [1.807, 2.05) is 0 Å². The maximum atomic E-state index is 12.4. The van der Waals surface area contributed by atoms with Crippen molar-refractivity contribution >= 4 is 11.8 Å². The van der Waals surface area contributed by atoms with E-state index < -0.39 is 0 Å². The van der Waals surface area contributed by atoms with Crippen molar-refractivity contribution < 1.29 is 9.59 Å². The van der Waals surface area contributed by atoms with E-state index in [2.05, 4.69) is 17.6 Å². The van der Waals surface area contributed by atoms with Gasteiger partial charge >= 0.3 is 0 Å². The van der Waals surface area contributed by atoms with E-state index in [-0.39, 0.29) is 29.8 Å². The van der Waals surface area contributed by atoms with E-state index >= 15 is 0 Å². The zero-order chi connectivity index (χ0) is 18.1. The Balaban J connectivity index is 1.66. The van der Waals surface area contributed by atoms with Crippen LogP contribution in [0.5, 0.6) is 0 Å². The van der Waals surface area contributed by atoms with Crippen LogP contribution in [-0.2, 0) is 9.59 Å². The Morgan fingerprint density at radius 1 is 1.08 bits per heavy atom. The van der Waals surface area contributed by atoms with Crippen molar-refractivity contribution in [3.63, 3.8) is 0 Å². The average Bonchev–Trinajstić information content (AvgIpc) is 3.11. The molecule has 2 fully saturated rings. The molecule has 0 aromatic heterocycles. The monoisotopic (exact) mass is 351 g/mol. The molecule has 25 heavy (non-hydrogen) atoms. The molecular formula is C20H37N3O2. The Kier molecular flexibility index (Phi) is 8.73. The molecule has 0 radical (unpaired) electrons. The molecule has 0 saturated heterocycles. The average molecular weight is 352 g/mol. The van der Waals surface area contributed by atoms with Gasteiger partial charge < -0.3 is 16.4 Å². The van der Waals surface area contributed by atoms with Crippen LogP contribution < -0.4 is 16.4 Å². The summed E-state index contributed by atoms with van der Waals surface area (Å²) in [5.41, 5.74) is 5.77. The van der Waals surface area contributed by atoms with Crippen LogP contribution in [0.2, 0.25) is 0 Å². The van der Waals surface area contributed by atoms with Crippen molar-refractivity contribution in [3.8, 4) is 0 Å². The molecular weight excluding hydrogens is 314 g/mol. The lowest BCUT2D eigenvalue weighted by atomic mass is 9.85. The molecule has 2 aliphatic carbocycles.